The Morgan fingerprint density at radius 1 is 1.60 bits per heavy atom. The maximum absolute atomic E-state index is 11.6. The van der Waals surface area contributed by atoms with Gasteiger partial charge in [0, 0.05) is 0 Å². The van der Waals surface area contributed by atoms with Crippen molar-refractivity contribution in [3.05, 3.63) is 0 Å². The molecule has 1 unspecified atom stereocenters. The third-order valence-corrected chi connectivity index (χ3v) is 3.79. The van der Waals surface area contributed by atoms with E-state index in [0.29, 0.717) is 6.42 Å². The molecular formula is C10H17NO3S. The number of thioether (sulfide) groups is 1. The Labute approximate surface area is 93.8 Å². The molecule has 15 heavy (non-hydrogen) atoms. The third kappa shape index (κ3) is 3.74. The van der Waals surface area contributed by atoms with Gasteiger partial charge in [-0.3, -0.25) is 4.79 Å². The lowest BCUT2D eigenvalue weighted by molar-refractivity contribution is -0.141. The lowest BCUT2D eigenvalue weighted by atomic mass is 10.1. The minimum absolute atomic E-state index is 0.0382. The molecule has 0 radical (unpaired) electrons. The molecule has 1 saturated heterocycles. The zero-order chi connectivity index (χ0) is 11.3. The van der Waals surface area contributed by atoms with Crippen LogP contribution < -0.4 is 5.32 Å². The summed E-state index contributed by atoms with van der Waals surface area (Å²) >= 11 is 1.62. The van der Waals surface area contributed by atoms with Crippen molar-refractivity contribution in [2.24, 2.45) is 0 Å². The van der Waals surface area contributed by atoms with Crippen LogP contribution in [0.3, 0.4) is 0 Å². The molecule has 5 heteroatoms. The van der Waals surface area contributed by atoms with Gasteiger partial charge in [0.15, 0.2) is 0 Å². The lowest BCUT2D eigenvalue weighted by Crippen LogP contribution is -2.44. The first-order valence-electron chi connectivity index (χ1n) is 5.30. The minimum Gasteiger partial charge on any atom is -0.480 e. The van der Waals surface area contributed by atoms with Crippen molar-refractivity contribution in [2.45, 2.75) is 43.9 Å². The topological polar surface area (TPSA) is 66.4 Å². The first-order valence-corrected chi connectivity index (χ1v) is 6.34. The molecule has 1 fully saturated rings. The fourth-order valence-corrected chi connectivity index (χ4v) is 2.77. The molecule has 2 N–H and O–H groups in total. The molecule has 1 aliphatic rings. The predicted octanol–water partition coefficient (Wildman–Crippen LogP) is 1.25. The Kier molecular flexibility index (Phi) is 4.94. The molecule has 86 valence electrons. The van der Waals surface area contributed by atoms with Crippen molar-refractivity contribution in [1.29, 1.82) is 0 Å². The predicted molar refractivity (Wildman–Crippen MR) is 60.0 cm³/mol. The number of nitrogens with one attached hydrogen (secondary N) is 1. The van der Waals surface area contributed by atoms with E-state index in [1.54, 1.807) is 11.8 Å². The summed E-state index contributed by atoms with van der Waals surface area (Å²) in [6.07, 6.45) is 3.18. The molecule has 0 aromatic rings. The van der Waals surface area contributed by atoms with Gasteiger partial charge < -0.3 is 10.4 Å². The summed E-state index contributed by atoms with van der Waals surface area (Å²) in [6.45, 7) is 1.91. The van der Waals surface area contributed by atoms with Gasteiger partial charge in [0.2, 0.25) is 5.91 Å². The molecule has 2 atom stereocenters. The molecule has 1 aliphatic heterocycles. The second-order valence-electron chi connectivity index (χ2n) is 3.69. The number of carbonyl (C=O) groups is 2. The minimum atomic E-state index is -0.937. The molecule has 1 amide bonds. The highest BCUT2D eigenvalue weighted by Gasteiger charge is 2.27. The summed E-state index contributed by atoms with van der Waals surface area (Å²) in [5.41, 5.74) is 0. The molecule has 0 saturated carbocycles. The van der Waals surface area contributed by atoms with Gasteiger partial charge in [-0.2, -0.15) is 0 Å². The maximum atomic E-state index is 11.6. The van der Waals surface area contributed by atoms with Gasteiger partial charge in [-0.1, -0.05) is 13.3 Å². The Bertz CT molecular complexity index is 239. The van der Waals surface area contributed by atoms with Crippen LogP contribution in [0.1, 0.15) is 32.6 Å². The normalized spacial score (nSPS) is 22.3. The molecule has 1 heterocycles. The average molecular weight is 231 g/mol. The standard InChI is InChI=1S/C10H17NO3S/c1-2-4-7(10(13)14)11-9(12)8-5-3-6-15-8/h7-8H,2-6H2,1H3,(H,11,12)(H,13,14)/t7-,8?/m1/s1. The SMILES string of the molecule is CCC[C@@H](NC(=O)C1CCCS1)C(=O)O. The largest absolute Gasteiger partial charge is 0.480 e. The van der Waals surface area contributed by atoms with Gasteiger partial charge in [0.25, 0.3) is 0 Å². The highest BCUT2D eigenvalue weighted by Crippen LogP contribution is 2.26. The number of carbonyl (C=O) groups excluding carboxylic acids is 1. The molecular weight excluding hydrogens is 214 g/mol. The number of hydrogen-bond donors (Lipinski definition) is 2. The van der Waals surface area contributed by atoms with E-state index in [4.69, 9.17) is 5.11 Å². The van der Waals surface area contributed by atoms with E-state index in [-0.39, 0.29) is 11.2 Å². The van der Waals surface area contributed by atoms with Crippen molar-refractivity contribution in [2.75, 3.05) is 5.75 Å². The van der Waals surface area contributed by atoms with Crippen LogP contribution in [0.5, 0.6) is 0 Å². The van der Waals surface area contributed by atoms with Gasteiger partial charge in [-0.25, -0.2) is 4.79 Å². The van der Waals surface area contributed by atoms with Gasteiger partial charge >= 0.3 is 5.97 Å². The highest BCUT2D eigenvalue weighted by molar-refractivity contribution is 8.00. The average Bonchev–Trinajstić information content (AvgIpc) is 2.69. The van der Waals surface area contributed by atoms with Gasteiger partial charge in [-0.15, -0.1) is 11.8 Å². The molecule has 0 aromatic carbocycles. The van der Waals surface area contributed by atoms with Crippen LogP contribution >= 0.6 is 11.8 Å². The van der Waals surface area contributed by atoms with Crippen LogP contribution in [-0.2, 0) is 9.59 Å². The quantitative estimate of drug-likeness (QED) is 0.747. The van der Waals surface area contributed by atoms with Crippen LogP contribution in [0.25, 0.3) is 0 Å². The highest BCUT2D eigenvalue weighted by atomic mass is 32.2. The van der Waals surface area contributed by atoms with Crippen LogP contribution in [0.4, 0.5) is 0 Å². The number of aliphatic carboxylic acids is 1. The van der Waals surface area contributed by atoms with Crippen molar-refractivity contribution >= 4 is 23.6 Å². The number of amides is 1. The second-order valence-corrected chi connectivity index (χ2v) is 5.00. The first kappa shape index (κ1) is 12.4. The zero-order valence-electron chi connectivity index (χ0n) is 8.86. The molecule has 0 aromatic heterocycles. The van der Waals surface area contributed by atoms with Crippen molar-refractivity contribution in [1.82, 2.24) is 5.32 Å². The lowest BCUT2D eigenvalue weighted by Gasteiger charge is -2.16. The van der Waals surface area contributed by atoms with E-state index in [0.717, 1.165) is 25.0 Å². The Morgan fingerprint density at radius 2 is 2.33 bits per heavy atom. The molecule has 0 bridgehead atoms. The van der Waals surface area contributed by atoms with Crippen LogP contribution in [0.15, 0.2) is 0 Å². The monoisotopic (exact) mass is 231 g/mol. The Morgan fingerprint density at radius 3 is 2.80 bits per heavy atom. The zero-order valence-corrected chi connectivity index (χ0v) is 9.68. The van der Waals surface area contributed by atoms with Crippen molar-refractivity contribution < 1.29 is 14.7 Å². The number of carboxylic acids is 1. The third-order valence-electron chi connectivity index (χ3n) is 2.41. The molecule has 0 aliphatic carbocycles. The van der Waals surface area contributed by atoms with Crippen molar-refractivity contribution in [3.63, 3.8) is 0 Å². The second kappa shape index (κ2) is 6.00. The van der Waals surface area contributed by atoms with E-state index >= 15 is 0 Å². The van der Waals surface area contributed by atoms with E-state index < -0.39 is 12.0 Å². The van der Waals surface area contributed by atoms with Gasteiger partial charge in [0.1, 0.15) is 6.04 Å². The fourth-order valence-electron chi connectivity index (χ4n) is 1.60. The molecule has 1 rings (SSSR count). The smallest absolute Gasteiger partial charge is 0.326 e. The summed E-state index contributed by atoms with van der Waals surface area (Å²) in [4.78, 5) is 22.5. The van der Waals surface area contributed by atoms with Crippen molar-refractivity contribution in [3.8, 4) is 0 Å². The van der Waals surface area contributed by atoms with Gasteiger partial charge in [-0.05, 0) is 25.0 Å². The van der Waals surface area contributed by atoms with E-state index in [2.05, 4.69) is 5.32 Å². The van der Waals surface area contributed by atoms with Crippen LogP contribution in [-0.4, -0.2) is 34.0 Å². The summed E-state index contributed by atoms with van der Waals surface area (Å²) in [5, 5.41) is 11.4. The summed E-state index contributed by atoms with van der Waals surface area (Å²) in [5.74, 6) is -0.0459. The van der Waals surface area contributed by atoms with Crippen LogP contribution in [0.2, 0.25) is 0 Å². The van der Waals surface area contributed by atoms with E-state index in [1.807, 2.05) is 6.92 Å². The fraction of sp³-hybridized carbons (Fsp3) is 0.800. The number of carboxylic acid groups (broad SMARTS) is 1. The Balaban J connectivity index is 2.42. The Hall–Kier alpha value is -0.710. The van der Waals surface area contributed by atoms with Gasteiger partial charge in [0.05, 0.1) is 5.25 Å². The van der Waals surface area contributed by atoms with Crippen LogP contribution in [0, 0.1) is 0 Å². The maximum Gasteiger partial charge on any atom is 0.326 e. The van der Waals surface area contributed by atoms with E-state index in [1.165, 1.54) is 0 Å². The number of hydrogen-bond acceptors (Lipinski definition) is 3. The first-order chi connectivity index (χ1) is 7.15. The summed E-state index contributed by atoms with van der Waals surface area (Å²) in [6, 6.07) is -0.719. The molecule has 4 nitrogen and oxygen atoms in total. The van der Waals surface area contributed by atoms with E-state index in [9.17, 15) is 9.59 Å². The molecule has 0 spiro atoms. The summed E-state index contributed by atoms with van der Waals surface area (Å²) < 4.78 is 0. The summed E-state index contributed by atoms with van der Waals surface area (Å²) in [7, 11) is 0. The number of rotatable bonds is 5.